The standard InChI is InChI=1S/C20H18O4/c1-20(2,3)19(22)24-17-11-7-5-9-14(17)18-12-15(21)13-8-4-6-10-16(13)23-18/h4-12H,1-3H3. The highest BCUT2D eigenvalue weighted by Gasteiger charge is 2.25. The van der Waals surface area contributed by atoms with E-state index < -0.39 is 5.41 Å². The van der Waals surface area contributed by atoms with Crippen molar-refractivity contribution in [1.29, 1.82) is 0 Å². The predicted octanol–water partition coefficient (Wildman–Crippen LogP) is 4.41. The van der Waals surface area contributed by atoms with E-state index in [1.807, 2.05) is 0 Å². The Balaban J connectivity index is 2.11. The van der Waals surface area contributed by atoms with Crippen LogP contribution in [-0.4, -0.2) is 5.97 Å². The number of para-hydroxylation sites is 2. The highest BCUT2D eigenvalue weighted by molar-refractivity contribution is 5.82. The second-order valence-corrected chi connectivity index (χ2v) is 6.61. The van der Waals surface area contributed by atoms with Crippen LogP contribution in [0.15, 0.2) is 63.8 Å². The molecule has 0 radical (unpaired) electrons. The number of benzene rings is 2. The first kappa shape index (κ1) is 16.0. The molecule has 0 saturated heterocycles. The Bertz CT molecular complexity index is 961. The van der Waals surface area contributed by atoms with Gasteiger partial charge in [0, 0.05) is 6.07 Å². The Kier molecular flexibility index (Phi) is 3.97. The summed E-state index contributed by atoms with van der Waals surface area (Å²) < 4.78 is 11.4. The van der Waals surface area contributed by atoms with Crippen LogP contribution in [0.5, 0.6) is 5.75 Å². The van der Waals surface area contributed by atoms with Crippen molar-refractivity contribution in [3.8, 4) is 17.1 Å². The molecule has 0 aliphatic heterocycles. The summed E-state index contributed by atoms with van der Waals surface area (Å²) in [6.45, 7) is 5.36. The molecular formula is C20H18O4. The fourth-order valence-corrected chi connectivity index (χ4v) is 2.25. The third-order valence-electron chi connectivity index (χ3n) is 3.60. The lowest BCUT2D eigenvalue weighted by Gasteiger charge is -2.17. The highest BCUT2D eigenvalue weighted by Crippen LogP contribution is 2.32. The van der Waals surface area contributed by atoms with E-state index in [1.165, 1.54) is 6.07 Å². The highest BCUT2D eigenvalue weighted by atomic mass is 16.5. The molecule has 24 heavy (non-hydrogen) atoms. The van der Waals surface area contributed by atoms with E-state index >= 15 is 0 Å². The van der Waals surface area contributed by atoms with Crippen LogP contribution in [0.2, 0.25) is 0 Å². The van der Waals surface area contributed by atoms with Crippen LogP contribution in [0.3, 0.4) is 0 Å². The number of carbonyl (C=O) groups excluding carboxylic acids is 1. The molecule has 0 fully saturated rings. The van der Waals surface area contributed by atoms with E-state index in [1.54, 1.807) is 69.3 Å². The van der Waals surface area contributed by atoms with Gasteiger partial charge >= 0.3 is 5.97 Å². The number of ether oxygens (including phenoxy) is 1. The van der Waals surface area contributed by atoms with Crippen LogP contribution < -0.4 is 10.2 Å². The molecule has 1 heterocycles. The maximum absolute atomic E-state index is 12.3. The fraction of sp³-hybridized carbons (Fsp3) is 0.200. The van der Waals surface area contributed by atoms with E-state index in [2.05, 4.69) is 0 Å². The van der Waals surface area contributed by atoms with Crippen molar-refractivity contribution in [3.05, 3.63) is 64.8 Å². The molecular weight excluding hydrogens is 304 g/mol. The maximum atomic E-state index is 12.3. The van der Waals surface area contributed by atoms with Gasteiger partial charge in [-0.15, -0.1) is 0 Å². The predicted molar refractivity (Wildman–Crippen MR) is 93.0 cm³/mol. The monoisotopic (exact) mass is 322 g/mol. The van der Waals surface area contributed by atoms with Gasteiger partial charge in [0.15, 0.2) is 5.43 Å². The second kappa shape index (κ2) is 5.96. The van der Waals surface area contributed by atoms with Crippen LogP contribution in [0, 0.1) is 5.41 Å². The van der Waals surface area contributed by atoms with E-state index in [4.69, 9.17) is 9.15 Å². The van der Waals surface area contributed by atoms with Crippen molar-refractivity contribution in [3.63, 3.8) is 0 Å². The number of rotatable bonds is 2. The molecule has 0 unspecified atom stereocenters. The zero-order valence-electron chi connectivity index (χ0n) is 13.8. The van der Waals surface area contributed by atoms with Crippen molar-refractivity contribution in [1.82, 2.24) is 0 Å². The van der Waals surface area contributed by atoms with Crippen LogP contribution in [0.25, 0.3) is 22.3 Å². The molecule has 0 spiro atoms. The third kappa shape index (κ3) is 3.08. The smallest absolute Gasteiger partial charge is 0.316 e. The van der Waals surface area contributed by atoms with Crippen LogP contribution >= 0.6 is 0 Å². The maximum Gasteiger partial charge on any atom is 0.316 e. The van der Waals surface area contributed by atoms with Gasteiger partial charge in [0.2, 0.25) is 0 Å². The number of hydrogen-bond acceptors (Lipinski definition) is 4. The molecule has 4 heteroatoms. The lowest BCUT2D eigenvalue weighted by molar-refractivity contribution is -0.142. The van der Waals surface area contributed by atoms with Gasteiger partial charge in [-0.05, 0) is 45.0 Å². The minimum absolute atomic E-state index is 0.135. The SMILES string of the molecule is CC(C)(C)C(=O)Oc1ccccc1-c1cc(=O)c2ccccc2o1. The number of carbonyl (C=O) groups is 1. The Morgan fingerprint density at radius 3 is 2.42 bits per heavy atom. The molecule has 0 bridgehead atoms. The molecule has 3 aromatic rings. The Labute approximate surface area is 139 Å². The summed E-state index contributed by atoms with van der Waals surface area (Å²) in [6.07, 6.45) is 0. The zero-order chi connectivity index (χ0) is 17.3. The quantitative estimate of drug-likeness (QED) is 0.518. The van der Waals surface area contributed by atoms with Gasteiger partial charge in [0.05, 0.1) is 16.4 Å². The first-order valence-corrected chi connectivity index (χ1v) is 7.71. The molecule has 0 aliphatic carbocycles. The summed E-state index contributed by atoms with van der Waals surface area (Å²) in [5, 5.41) is 0.519. The van der Waals surface area contributed by atoms with Gasteiger partial charge in [-0.2, -0.15) is 0 Å². The van der Waals surface area contributed by atoms with Gasteiger partial charge < -0.3 is 9.15 Å². The van der Waals surface area contributed by atoms with Crippen molar-refractivity contribution in [2.24, 2.45) is 5.41 Å². The number of fused-ring (bicyclic) bond motifs is 1. The van der Waals surface area contributed by atoms with Crippen molar-refractivity contribution in [2.75, 3.05) is 0 Å². The molecule has 0 amide bonds. The van der Waals surface area contributed by atoms with E-state index in [0.717, 1.165) is 0 Å². The normalized spacial score (nSPS) is 11.5. The molecule has 122 valence electrons. The molecule has 4 nitrogen and oxygen atoms in total. The summed E-state index contributed by atoms with van der Waals surface area (Å²) >= 11 is 0. The van der Waals surface area contributed by atoms with Gasteiger partial charge in [-0.3, -0.25) is 9.59 Å². The molecule has 0 atom stereocenters. The van der Waals surface area contributed by atoms with Crippen molar-refractivity contribution < 1.29 is 13.9 Å². The van der Waals surface area contributed by atoms with Gasteiger partial charge in [-0.1, -0.05) is 24.3 Å². The van der Waals surface area contributed by atoms with Gasteiger partial charge in [0.25, 0.3) is 0 Å². The van der Waals surface area contributed by atoms with Crippen molar-refractivity contribution >= 4 is 16.9 Å². The summed E-state index contributed by atoms with van der Waals surface area (Å²) in [5.74, 6) is 0.393. The molecule has 1 aromatic heterocycles. The Hall–Kier alpha value is -2.88. The molecule has 2 aromatic carbocycles. The Morgan fingerprint density at radius 2 is 1.67 bits per heavy atom. The topological polar surface area (TPSA) is 56.5 Å². The fourth-order valence-electron chi connectivity index (χ4n) is 2.25. The first-order chi connectivity index (χ1) is 11.4. The van der Waals surface area contributed by atoms with E-state index in [0.29, 0.717) is 28.0 Å². The zero-order valence-corrected chi connectivity index (χ0v) is 13.8. The molecule has 0 saturated carbocycles. The lowest BCUT2D eigenvalue weighted by atomic mass is 9.97. The summed E-state index contributed by atoms with van der Waals surface area (Å²) in [4.78, 5) is 24.5. The number of esters is 1. The third-order valence-corrected chi connectivity index (χ3v) is 3.60. The van der Waals surface area contributed by atoms with E-state index in [-0.39, 0.29) is 11.4 Å². The largest absolute Gasteiger partial charge is 0.456 e. The Morgan fingerprint density at radius 1 is 1.00 bits per heavy atom. The molecule has 3 rings (SSSR count). The minimum Gasteiger partial charge on any atom is -0.456 e. The average molecular weight is 322 g/mol. The summed E-state index contributed by atoms with van der Waals surface area (Å²) in [5.41, 5.74) is 0.302. The van der Waals surface area contributed by atoms with Crippen LogP contribution in [-0.2, 0) is 4.79 Å². The second-order valence-electron chi connectivity index (χ2n) is 6.61. The summed E-state index contributed by atoms with van der Waals surface area (Å²) in [7, 11) is 0. The van der Waals surface area contributed by atoms with E-state index in [9.17, 15) is 9.59 Å². The minimum atomic E-state index is -0.628. The lowest BCUT2D eigenvalue weighted by Crippen LogP contribution is -2.25. The average Bonchev–Trinajstić information content (AvgIpc) is 2.54. The van der Waals surface area contributed by atoms with Gasteiger partial charge in [-0.25, -0.2) is 0 Å². The van der Waals surface area contributed by atoms with Crippen LogP contribution in [0.4, 0.5) is 0 Å². The molecule has 0 N–H and O–H groups in total. The summed E-state index contributed by atoms with van der Waals surface area (Å²) in [6, 6.07) is 15.5. The van der Waals surface area contributed by atoms with Crippen molar-refractivity contribution in [2.45, 2.75) is 20.8 Å². The first-order valence-electron chi connectivity index (χ1n) is 7.71. The van der Waals surface area contributed by atoms with Crippen LogP contribution in [0.1, 0.15) is 20.8 Å². The van der Waals surface area contributed by atoms with Gasteiger partial charge in [0.1, 0.15) is 17.1 Å². The molecule has 0 aliphatic rings. The number of hydrogen-bond donors (Lipinski definition) is 0.